The van der Waals surface area contributed by atoms with Gasteiger partial charge in [0.05, 0.1) is 30.2 Å². The summed E-state index contributed by atoms with van der Waals surface area (Å²) in [6.45, 7) is 0.483. The number of nitrogens with zero attached hydrogens (tertiary/aromatic N) is 3. The van der Waals surface area contributed by atoms with Crippen molar-refractivity contribution in [3.05, 3.63) is 64.9 Å². The molecule has 0 unspecified atom stereocenters. The summed E-state index contributed by atoms with van der Waals surface area (Å²) in [6.07, 6.45) is -2.94. The summed E-state index contributed by atoms with van der Waals surface area (Å²) >= 11 is 5.90. The molecule has 1 aliphatic heterocycles. The van der Waals surface area contributed by atoms with Crippen LogP contribution in [0.3, 0.4) is 0 Å². The molecule has 0 aliphatic carbocycles. The first-order chi connectivity index (χ1) is 15.7. The Hall–Kier alpha value is -3.53. The Morgan fingerprint density at radius 3 is 2.64 bits per heavy atom. The predicted octanol–water partition coefficient (Wildman–Crippen LogP) is 4.93. The monoisotopic (exact) mass is 478 g/mol. The number of hydrogen-bond donors (Lipinski definition) is 1. The number of aromatic nitrogens is 2. The van der Waals surface area contributed by atoms with Crippen molar-refractivity contribution in [1.29, 1.82) is 0 Å². The van der Waals surface area contributed by atoms with E-state index in [0.29, 0.717) is 35.5 Å². The van der Waals surface area contributed by atoms with Gasteiger partial charge in [-0.15, -0.1) is 0 Å². The summed E-state index contributed by atoms with van der Waals surface area (Å²) in [6, 6.07) is 10.2. The maximum absolute atomic E-state index is 13.9. The average Bonchev–Trinajstić information content (AvgIpc) is 3.40. The predicted molar refractivity (Wildman–Crippen MR) is 116 cm³/mol. The molecule has 1 N–H and O–H groups in total. The van der Waals surface area contributed by atoms with Crippen LogP contribution in [-0.4, -0.2) is 35.2 Å². The Labute approximate surface area is 191 Å². The van der Waals surface area contributed by atoms with E-state index in [4.69, 9.17) is 16.3 Å². The van der Waals surface area contributed by atoms with Crippen molar-refractivity contribution in [3.8, 4) is 11.4 Å². The van der Waals surface area contributed by atoms with Crippen molar-refractivity contribution in [1.82, 2.24) is 9.78 Å². The molecule has 11 heteroatoms. The highest BCUT2D eigenvalue weighted by Gasteiger charge is 2.40. The van der Waals surface area contributed by atoms with Gasteiger partial charge in [-0.2, -0.15) is 18.3 Å². The molecule has 0 spiro atoms. The number of nitrogens with one attached hydrogen (secondary N) is 1. The van der Waals surface area contributed by atoms with Crippen LogP contribution in [0.2, 0.25) is 5.02 Å². The van der Waals surface area contributed by atoms with Crippen molar-refractivity contribution in [2.24, 2.45) is 0 Å². The van der Waals surface area contributed by atoms with Crippen molar-refractivity contribution in [2.45, 2.75) is 19.0 Å². The molecule has 172 valence electrons. The summed E-state index contributed by atoms with van der Waals surface area (Å²) in [5, 5.41) is 6.47. The first kappa shape index (κ1) is 22.7. The molecule has 1 saturated heterocycles. The third-order valence-corrected chi connectivity index (χ3v) is 5.37. The van der Waals surface area contributed by atoms with Crippen LogP contribution in [0, 0.1) is 0 Å². The highest BCUT2D eigenvalue weighted by atomic mass is 35.5. The lowest BCUT2D eigenvalue weighted by Crippen LogP contribution is -2.24. The molecule has 0 atom stereocenters. The Bertz CT molecular complexity index is 1230. The smallest absolute Gasteiger partial charge is 0.434 e. The van der Waals surface area contributed by atoms with Gasteiger partial charge in [0.2, 0.25) is 5.91 Å². The molecular formula is C22H18ClF3N4O3. The highest BCUT2D eigenvalue weighted by Crippen LogP contribution is 2.36. The van der Waals surface area contributed by atoms with Crippen molar-refractivity contribution in [2.75, 3.05) is 23.9 Å². The fourth-order valence-electron chi connectivity index (χ4n) is 3.67. The van der Waals surface area contributed by atoms with Crippen LogP contribution in [0.1, 0.15) is 28.9 Å². The van der Waals surface area contributed by atoms with Gasteiger partial charge in [0.1, 0.15) is 5.75 Å². The van der Waals surface area contributed by atoms with E-state index >= 15 is 0 Å². The molecule has 0 saturated carbocycles. The van der Waals surface area contributed by atoms with Gasteiger partial charge in [-0.3, -0.25) is 9.59 Å². The number of halogens is 4. The molecule has 1 aromatic heterocycles. The summed E-state index contributed by atoms with van der Waals surface area (Å²) < 4.78 is 47.6. The normalized spacial score (nSPS) is 14.0. The molecule has 4 rings (SSSR count). The van der Waals surface area contributed by atoms with Crippen LogP contribution in [0.25, 0.3) is 5.69 Å². The van der Waals surface area contributed by atoms with Crippen LogP contribution >= 0.6 is 11.6 Å². The van der Waals surface area contributed by atoms with E-state index in [1.807, 2.05) is 0 Å². The van der Waals surface area contributed by atoms with Crippen LogP contribution in [0.4, 0.5) is 24.5 Å². The Morgan fingerprint density at radius 1 is 1.21 bits per heavy atom. The number of ether oxygens (including phenoxy) is 1. The molecule has 2 heterocycles. The fraction of sp³-hybridized carbons (Fsp3) is 0.227. The maximum atomic E-state index is 13.9. The third kappa shape index (κ3) is 4.51. The van der Waals surface area contributed by atoms with Gasteiger partial charge in [0.25, 0.3) is 5.91 Å². The number of hydrogen-bond acceptors (Lipinski definition) is 4. The highest BCUT2D eigenvalue weighted by molar-refractivity contribution is 6.30. The van der Waals surface area contributed by atoms with Crippen molar-refractivity contribution >= 4 is 34.8 Å². The second-order valence-electron chi connectivity index (χ2n) is 7.29. The first-order valence-electron chi connectivity index (χ1n) is 9.90. The summed E-state index contributed by atoms with van der Waals surface area (Å²) in [4.78, 5) is 26.5. The van der Waals surface area contributed by atoms with E-state index in [0.717, 1.165) is 6.20 Å². The molecule has 1 fully saturated rings. The number of carbonyl (C=O) groups is 2. The van der Waals surface area contributed by atoms with E-state index in [1.54, 1.807) is 0 Å². The Morgan fingerprint density at radius 2 is 2.00 bits per heavy atom. The van der Waals surface area contributed by atoms with Crippen LogP contribution < -0.4 is 15.0 Å². The average molecular weight is 479 g/mol. The van der Waals surface area contributed by atoms with Gasteiger partial charge in [-0.05, 0) is 42.8 Å². The van der Waals surface area contributed by atoms with Gasteiger partial charge in [0.15, 0.2) is 5.69 Å². The van der Waals surface area contributed by atoms with Gasteiger partial charge >= 0.3 is 6.18 Å². The van der Waals surface area contributed by atoms with Crippen LogP contribution in [0.15, 0.2) is 48.7 Å². The van der Waals surface area contributed by atoms with E-state index in [1.165, 1.54) is 54.5 Å². The van der Waals surface area contributed by atoms with Gasteiger partial charge < -0.3 is 15.0 Å². The van der Waals surface area contributed by atoms with E-state index in [2.05, 4.69) is 10.4 Å². The number of alkyl halides is 3. The number of amides is 2. The van der Waals surface area contributed by atoms with Crippen molar-refractivity contribution in [3.63, 3.8) is 0 Å². The summed E-state index contributed by atoms with van der Waals surface area (Å²) in [5.41, 5.74) is -1.18. The number of methoxy groups -OCH3 is 1. The molecule has 2 amide bonds. The van der Waals surface area contributed by atoms with Crippen LogP contribution in [-0.2, 0) is 11.0 Å². The van der Waals surface area contributed by atoms with E-state index < -0.39 is 23.3 Å². The van der Waals surface area contributed by atoms with Crippen LogP contribution in [0.5, 0.6) is 5.75 Å². The molecule has 1 aliphatic rings. The molecule has 0 radical (unpaired) electrons. The largest absolute Gasteiger partial charge is 0.495 e. The Balaban J connectivity index is 1.69. The zero-order valence-corrected chi connectivity index (χ0v) is 18.1. The lowest BCUT2D eigenvalue weighted by molar-refractivity contribution is -0.143. The van der Waals surface area contributed by atoms with Gasteiger partial charge in [-0.25, -0.2) is 4.68 Å². The number of carbonyl (C=O) groups excluding carboxylic acids is 2. The van der Waals surface area contributed by atoms with E-state index in [-0.39, 0.29) is 22.3 Å². The second kappa shape index (κ2) is 8.78. The number of benzene rings is 2. The maximum Gasteiger partial charge on any atom is 0.434 e. The fourth-order valence-corrected chi connectivity index (χ4v) is 3.86. The number of rotatable bonds is 5. The molecular weight excluding hydrogens is 461 g/mol. The first-order valence-corrected chi connectivity index (χ1v) is 10.3. The standard InChI is InChI=1S/C22H18ClF3N4O3/c1-33-18-8-7-14(11-17(18)29-9-3-6-19(29)31)28-21(32)16-12-27-30(20(16)22(24,25)26)15-5-2-4-13(23)10-15/h2,4-5,7-8,10-12H,3,6,9H2,1H3,(H,28,32). The SMILES string of the molecule is COc1ccc(NC(=O)c2cnn(-c3cccc(Cl)c3)c2C(F)(F)F)cc1N1CCCC1=O. The third-order valence-electron chi connectivity index (χ3n) is 5.14. The lowest BCUT2D eigenvalue weighted by atomic mass is 10.2. The van der Waals surface area contributed by atoms with E-state index in [9.17, 15) is 22.8 Å². The van der Waals surface area contributed by atoms with Gasteiger partial charge in [-0.1, -0.05) is 17.7 Å². The zero-order chi connectivity index (χ0) is 23.8. The summed E-state index contributed by atoms with van der Waals surface area (Å²) in [7, 11) is 1.44. The zero-order valence-electron chi connectivity index (χ0n) is 17.3. The molecule has 7 nitrogen and oxygen atoms in total. The minimum atomic E-state index is -4.86. The van der Waals surface area contributed by atoms with Crippen molar-refractivity contribution < 1.29 is 27.5 Å². The Kier molecular flexibility index (Phi) is 6.03. The topological polar surface area (TPSA) is 76.5 Å². The number of anilines is 2. The van der Waals surface area contributed by atoms with Gasteiger partial charge in [0, 0.05) is 23.7 Å². The molecule has 3 aromatic rings. The minimum absolute atomic E-state index is 0.0631. The lowest BCUT2D eigenvalue weighted by Gasteiger charge is -2.20. The quantitative estimate of drug-likeness (QED) is 0.564. The molecule has 2 aromatic carbocycles. The second-order valence-corrected chi connectivity index (χ2v) is 7.72. The minimum Gasteiger partial charge on any atom is -0.495 e. The molecule has 0 bridgehead atoms. The summed E-state index contributed by atoms with van der Waals surface area (Å²) in [5.74, 6) is -0.689. The molecule has 33 heavy (non-hydrogen) atoms.